The second-order valence-electron chi connectivity index (χ2n) is 5.23. The predicted molar refractivity (Wildman–Crippen MR) is 70.1 cm³/mol. The molecule has 2 saturated heterocycles. The van der Waals surface area contributed by atoms with Gasteiger partial charge in [-0.3, -0.25) is 14.4 Å². The van der Waals surface area contributed by atoms with E-state index in [-0.39, 0.29) is 11.8 Å². The number of hydroxylamine groups is 2. The van der Waals surface area contributed by atoms with Gasteiger partial charge in [0.15, 0.2) is 0 Å². The highest BCUT2D eigenvalue weighted by Gasteiger charge is 2.54. The van der Waals surface area contributed by atoms with Gasteiger partial charge in [-0.25, -0.2) is 5.06 Å². The fraction of sp³-hybridized carbons (Fsp3) is 0.429. The number of rotatable bonds is 2. The number of carbonyl (C=O) groups excluding carboxylic acids is 2. The zero-order chi connectivity index (χ0) is 14.3. The molecule has 1 aromatic carbocycles. The van der Waals surface area contributed by atoms with Crippen LogP contribution in [0.2, 0.25) is 0 Å². The Bertz CT molecular complexity index is 549. The van der Waals surface area contributed by atoms with E-state index >= 15 is 0 Å². The lowest BCUT2D eigenvalue weighted by atomic mass is 9.90. The molecule has 1 spiro atoms. The first kappa shape index (κ1) is 12.9. The second kappa shape index (κ2) is 4.49. The molecule has 2 aliphatic rings. The third-order valence-electron chi connectivity index (χ3n) is 3.74. The zero-order valence-electron chi connectivity index (χ0n) is 11.5. The molecule has 2 amide bonds. The average molecular weight is 276 g/mol. The van der Waals surface area contributed by atoms with Gasteiger partial charge in [-0.15, -0.1) is 0 Å². The molecule has 2 aliphatic heterocycles. The zero-order valence-corrected chi connectivity index (χ0v) is 11.5. The highest BCUT2D eigenvalue weighted by Crippen LogP contribution is 2.35. The Morgan fingerprint density at radius 2 is 1.95 bits per heavy atom. The van der Waals surface area contributed by atoms with Gasteiger partial charge in [0.2, 0.25) is 5.91 Å². The molecule has 106 valence electrons. The van der Waals surface area contributed by atoms with Crippen LogP contribution in [0.3, 0.4) is 0 Å². The summed E-state index contributed by atoms with van der Waals surface area (Å²) >= 11 is 0. The number of amides is 2. The lowest BCUT2D eigenvalue weighted by Gasteiger charge is -2.45. The predicted octanol–water partition coefficient (Wildman–Crippen LogP) is 0.683. The molecule has 0 N–H and O–H groups in total. The quantitative estimate of drug-likeness (QED) is 0.797. The van der Waals surface area contributed by atoms with Gasteiger partial charge in [0.1, 0.15) is 11.4 Å². The molecule has 0 bridgehead atoms. The van der Waals surface area contributed by atoms with E-state index in [1.54, 1.807) is 43.3 Å². The van der Waals surface area contributed by atoms with Crippen molar-refractivity contribution in [1.82, 2.24) is 9.96 Å². The van der Waals surface area contributed by atoms with E-state index in [9.17, 15) is 9.59 Å². The highest BCUT2D eigenvalue weighted by molar-refractivity contribution is 5.95. The minimum atomic E-state index is -0.506. The summed E-state index contributed by atoms with van der Waals surface area (Å²) in [6.07, 6.45) is 0.343. The normalized spacial score (nSPS) is 20.2. The Labute approximate surface area is 116 Å². The molecule has 0 saturated carbocycles. The summed E-state index contributed by atoms with van der Waals surface area (Å²) in [5, 5.41) is 1.26. The molecule has 1 aromatic rings. The molecule has 6 heteroatoms. The topological polar surface area (TPSA) is 59.1 Å². The number of benzene rings is 1. The number of hydrogen-bond acceptors (Lipinski definition) is 4. The Morgan fingerprint density at radius 1 is 1.30 bits per heavy atom. The van der Waals surface area contributed by atoms with Crippen LogP contribution in [0.15, 0.2) is 24.3 Å². The molecule has 0 atom stereocenters. The van der Waals surface area contributed by atoms with Crippen LogP contribution in [0.5, 0.6) is 5.75 Å². The monoisotopic (exact) mass is 276 g/mol. The van der Waals surface area contributed by atoms with Crippen LogP contribution < -0.4 is 4.74 Å². The van der Waals surface area contributed by atoms with Gasteiger partial charge in [0.25, 0.3) is 5.91 Å². The summed E-state index contributed by atoms with van der Waals surface area (Å²) in [6.45, 7) is 0.905. The van der Waals surface area contributed by atoms with Crippen molar-refractivity contribution in [2.75, 3.05) is 27.2 Å². The Kier molecular flexibility index (Phi) is 2.90. The molecule has 2 fully saturated rings. The summed E-state index contributed by atoms with van der Waals surface area (Å²) in [7, 11) is 3.19. The van der Waals surface area contributed by atoms with Gasteiger partial charge in [-0.05, 0) is 24.3 Å². The van der Waals surface area contributed by atoms with E-state index in [2.05, 4.69) is 0 Å². The van der Waals surface area contributed by atoms with Crippen LogP contribution in [0.1, 0.15) is 16.8 Å². The van der Waals surface area contributed by atoms with Gasteiger partial charge in [0, 0.05) is 12.6 Å². The largest absolute Gasteiger partial charge is 0.497 e. The Morgan fingerprint density at radius 3 is 2.45 bits per heavy atom. The molecule has 20 heavy (non-hydrogen) atoms. The molecule has 0 radical (unpaired) electrons. The molecule has 3 rings (SSSR count). The van der Waals surface area contributed by atoms with Gasteiger partial charge < -0.3 is 9.64 Å². The van der Waals surface area contributed by atoms with Gasteiger partial charge >= 0.3 is 0 Å². The number of methoxy groups -OCH3 is 1. The minimum absolute atomic E-state index is 0.0402. The number of likely N-dealkylation sites (tertiary alicyclic amines) is 1. The summed E-state index contributed by atoms with van der Waals surface area (Å²) in [5.74, 6) is 0.624. The first-order valence-corrected chi connectivity index (χ1v) is 6.42. The van der Waals surface area contributed by atoms with Crippen molar-refractivity contribution in [2.24, 2.45) is 0 Å². The van der Waals surface area contributed by atoms with Gasteiger partial charge in [-0.1, -0.05) is 0 Å². The van der Waals surface area contributed by atoms with E-state index < -0.39 is 5.60 Å². The molecule has 2 heterocycles. The molecule has 6 nitrogen and oxygen atoms in total. The lowest BCUT2D eigenvalue weighted by molar-refractivity contribution is -0.218. The molecular weight excluding hydrogens is 260 g/mol. The maximum atomic E-state index is 12.3. The Balaban J connectivity index is 1.64. The van der Waals surface area contributed by atoms with Crippen LogP contribution in [-0.4, -0.2) is 54.6 Å². The van der Waals surface area contributed by atoms with Crippen molar-refractivity contribution in [2.45, 2.75) is 12.0 Å². The number of carbonyl (C=O) groups is 2. The lowest BCUT2D eigenvalue weighted by Crippen LogP contribution is -2.63. The molecule has 0 aromatic heterocycles. The van der Waals surface area contributed by atoms with Crippen LogP contribution >= 0.6 is 0 Å². The number of ether oxygens (including phenoxy) is 1. The summed E-state index contributed by atoms with van der Waals surface area (Å²) in [6, 6.07) is 6.98. The second-order valence-corrected chi connectivity index (χ2v) is 5.23. The maximum absolute atomic E-state index is 12.3. The third kappa shape index (κ3) is 2.02. The van der Waals surface area contributed by atoms with Crippen LogP contribution in [0.4, 0.5) is 0 Å². The van der Waals surface area contributed by atoms with Crippen molar-refractivity contribution in [3.8, 4) is 5.75 Å². The van der Waals surface area contributed by atoms with E-state index in [1.807, 2.05) is 0 Å². The Hall–Kier alpha value is -2.08. The smallest absolute Gasteiger partial charge is 0.254 e. The minimum Gasteiger partial charge on any atom is -0.497 e. The maximum Gasteiger partial charge on any atom is 0.254 e. The van der Waals surface area contributed by atoms with Crippen LogP contribution in [0, 0.1) is 0 Å². The average Bonchev–Trinajstić information content (AvgIpc) is 2.72. The third-order valence-corrected chi connectivity index (χ3v) is 3.74. The number of hydrogen-bond donors (Lipinski definition) is 0. The molecule has 0 aliphatic carbocycles. The van der Waals surface area contributed by atoms with E-state index in [1.165, 1.54) is 5.06 Å². The van der Waals surface area contributed by atoms with Gasteiger partial charge in [-0.2, -0.15) is 0 Å². The van der Waals surface area contributed by atoms with Crippen LogP contribution in [0.25, 0.3) is 0 Å². The van der Waals surface area contributed by atoms with E-state index in [4.69, 9.17) is 9.57 Å². The van der Waals surface area contributed by atoms with Crippen LogP contribution in [-0.2, 0) is 9.63 Å². The van der Waals surface area contributed by atoms with Crippen molar-refractivity contribution in [1.29, 1.82) is 0 Å². The molecular formula is C14H16N2O4. The standard InChI is InChI=1S/C14H16N2O4/c1-15-12(17)7-14(20-15)8-16(9-14)13(18)10-3-5-11(19-2)6-4-10/h3-6H,7-9H2,1-2H3. The van der Waals surface area contributed by atoms with E-state index in [0.29, 0.717) is 30.8 Å². The summed E-state index contributed by atoms with van der Waals surface area (Å²) < 4.78 is 5.06. The summed E-state index contributed by atoms with van der Waals surface area (Å²) in [5.41, 5.74) is 0.104. The van der Waals surface area contributed by atoms with Crippen molar-refractivity contribution in [3.63, 3.8) is 0 Å². The first-order valence-electron chi connectivity index (χ1n) is 6.42. The van der Waals surface area contributed by atoms with Gasteiger partial charge in [0.05, 0.1) is 26.6 Å². The highest BCUT2D eigenvalue weighted by atomic mass is 16.7. The number of nitrogens with zero attached hydrogens (tertiary/aromatic N) is 2. The van der Waals surface area contributed by atoms with E-state index in [0.717, 1.165) is 0 Å². The van der Waals surface area contributed by atoms with Crippen molar-refractivity contribution < 1.29 is 19.2 Å². The summed E-state index contributed by atoms with van der Waals surface area (Å²) in [4.78, 5) is 31.0. The van der Waals surface area contributed by atoms with Crippen molar-refractivity contribution in [3.05, 3.63) is 29.8 Å². The molecule has 0 unspecified atom stereocenters. The SMILES string of the molecule is COc1ccc(C(=O)N2CC3(CC(=O)N(C)O3)C2)cc1. The fourth-order valence-electron chi connectivity index (χ4n) is 2.64. The fourth-order valence-corrected chi connectivity index (χ4v) is 2.64. The van der Waals surface area contributed by atoms with Crippen molar-refractivity contribution >= 4 is 11.8 Å². The first-order chi connectivity index (χ1) is 9.53.